The monoisotopic (exact) mass is 349 g/mol. The lowest BCUT2D eigenvalue weighted by atomic mass is 9.56. The fraction of sp³-hybridized carbons (Fsp3) is 0.455. The minimum Gasteiger partial charge on any atom is -0.402 e. The highest BCUT2D eigenvalue weighted by molar-refractivity contribution is 6.10. The van der Waals surface area contributed by atoms with Crippen LogP contribution in [0, 0.1) is 5.41 Å². The minimum atomic E-state index is -0.539. The number of allylic oxidation sites excluding steroid dienone is 3. The summed E-state index contributed by atoms with van der Waals surface area (Å²) in [6, 6.07) is 8.43. The number of nitrogens with zero attached hydrogens (tertiary/aromatic N) is 1. The number of hydrogen-bond acceptors (Lipinski definition) is 4. The summed E-state index contributed by atoms with van der Waals surface area (Å²) in [6.45, 7) is 6.13. The summed E-state index contributed by atoms with van der Waals surface area (Å²) in [7, 11) is 0. The number of nitrogens with two attached hydrogens (primary N) is 2. The number of hydrogen-bond donors (Lipinski definition) is 2. The standard InChI is InChI=1S/C22H27N3O/c1-13(23)18-20(24)25-16-11-21(2,3)12-17(26)19(16)22(18)10-6-8-14-7-4-5-9-15(14)22/h4-5,7,9H,6,8,10-12,23H2,1-3H3,(H2,24,25)/b18-13+. The van der Waals surface area contributed by atoms with Crippen LogP contribution in [0.2, 0.25) is 0 Å². The molecule has 0 saturated carbocycles. The van der Waals surface area contributed by atoms with Crippen LogP contribution in [0.1, 0.15) is 57.6 Å². The average molecular weight is 349 g/mol. The molecule has 0 amide bonds. The number of aliphatic imine (C=N–C) groups is 1. The molecule has 1 spiro atoms. The van der Waals surface area contributed by atoms with Crippen molar-refractivity contribution < 1.29 is 4.79 Å². The van der Waals surface area contributed by atoms with Crippen LogP contribution in [0.25, 0.3) is 0 Å². The highest BCUT2D eigenvalue weighted by Crippen LogP contribution is 2.55. The third-order valence-corrected chi connectivity index (χ3v) is 6.09. The Hall–Kier alpha value is -2.36. The molecule has 1 heterocycles. The predicted octanol–water partition coefficient (Wildman–Crippen LogP) is 3.51. The molecule has 1 aromatic rings. The van der Waals surface area contributed by atoms with Gasteiger partial charge in [0.1, 0.15) is 5.84 Å². The van der Waals surface area contributed by atoms with Crippen LogP contribution >= 0.6 is 0 Å². The van der Waals surface area contributed by atoms with E-state index in [4.69, 9.17) is 16.5 Å². The van der Waals surface area contributed by atoms with Crippen LogP contribution in [0.5, 0.6) is 0 Å². The Labute approximate surface area is 155 Å². The Morgan fingerprint density at radius 2 is 1.92 bits per heavy atom. The lowest BCUT2D eigenvalue weighted by molar-refractivity contribution is -0.118. The van der Waals surface area contributed by atoms with Gasteiger partial charge in [0, 0.05) is 23.3 Å². The van der Waals surface area contributed by atoms with Gasteiger partial charge in [0.15, 0.2) is 5.78 Å². The number of benzene rings is 1. The van der Waals surface area contributed by atoms with Gasteiger partial charge >= 0.3 is 0 Å². The molecule has 4 heteroatoms. The number of ketones is 1. The Morgan fingerprint density at radius 3 is 2.65 bits per heavy atom. The van der Waals surface area contributed by atoms with Gasteiger partial charge in [0.05, 0.1) is 11.1 Å². The van der Waals surface area contributed by atoms with Crippen molar-refractivity contribution in [1.29, 1.82) is 0 Å². The van der Waals surface area contributed by atoms with E-state index in [-0.39, 0.29) is 11.2 Å². The number of amidine groups is 1. The van der Waals surface area contributed by atoms with E-state index in [0.717, 1.165) is 42.5 Å². The van der Waals surface area contributed by atoms with E-state index in [2.05, 4.69) is 38.1 Å². The fourth-order valence-electron chi connectivity index (χ4n) is 5.30. The van der Waals surface area contributed by atoms with Crippen LogP contribution in [-0.2, 0) is 16.6 Å². The molecule has 26 heavy (non-hydrogen) atoms. The quantitative estimate of drug-likeness (QED) is 0.752. The second-order valence-electron chi connectivity index (χ2n) is 8.73. The second-order valence-corrected chi connectivity index (χ2v) is 8.73. The zero-order valence-corrected chi connectivity index (χ0v) is 15.9. The van der Waals surface area contributed by atoms with Crippen molar-refractivity contribution in [3.63, 3.8) is 0 Å². The predicted molar refractivity (Wildman–Crippen MR) is 105 cm³/mol. The molecule has 136 valence electrons. The summed E-state index contributed by atoms with van der Waals surface area (Å²) in [5.41, 5.74) is 17.8. The van der Waals surface area contributed by atoms with Gasteiger partial charge in [0.25, 0.3) is 0 Å². The molecule has 1 aliphatic heterocycles. The van der Waals surface area contributed by atoms with Crippen LogP contribution in [0.15, 0.2) is 51.8 Å². The average Bonchev–Trinajstić information content (AvgIpc) is 2.52. The molecule has 1 unspecified atom stereocenters. The highest BCUT2D eigenvalue weighted by Gasteiger charge is 2.52. The maximum atomic E-state index is 13.4. The van der Waals surface area contributed by atoms with Crippen molar-refractivity contribution in [1.82, 2.24) is 0 Å². The molecule has 0 radical (unpaired) electrons. The summed E-state index contributed by atoms with van der Waals surface area (Å²) in [5, 5.41) is 0. The van der Waals surface area contributed by atoms with Crippen LogP contribution in [0.3, 0.4) is 0 Å². The molecule has 0 saturated heterocycles. The Morgan fingerprint density at radius 1 is 1.19 bits per heavy atom. The van der Waals surface area contributed by atoms with Gasteiger partial charge in [0.2, 0.25) is 0 Å². The first-order valence-corrected chi connectivity index (χ1v) is 9.43. The van der Waals surface area contributed by atoms with Crippen molar-refractivity contribution in [3.05, 3.63) is 57.9 Å². The number of fused-ring (bicyclic) bond motifs is 3. The molecule has 4 nitrogen and oxygen atoms in total. The Kier molecular flexibility index (Phi) is 3.66. The van der Waals surface area contributed by atoms with Gasteiger partial charge in [-0.25, -0.2) is 4.99 Å². The van der Waals surface area contributed by atoms with E-state index in [1.54, 1.807) is 0 Å². The molecule has 0 bridgehead atoms. The molecule has 1 aromatic carbocycles. The van der Waals surface area contributed by atoms with Gasteiger partial charge in [-0.05, 0) is 49.1 Å². The van der Waals surface area contributed by atoms with Gasteiger partial charge in [-0.1, -0.05) is 38.1 Å². The minimum absolute atomic E-state index is 0.0892. The first kappa shape index (κ1) is 17.1. The maximum Gasteiger partial charge on any atom is 0.162 e. The summed E-state index contributed by atoms with van der Waals surface area (Å²) < 4.78 is 0. The molecule has 1 atom stereocenters. The summed E-state index contributed by atoms with van der Waals surface area (Å²) >= 11 is 0. The second kappa shape index (κ2) is 5.57. The molecule has 4 rings (SSSR count). The zero-order chi connectivity index (χ0) is 18.7. The molecule has 4 N–H and O–H groups in total. The highest BCUT2D eigenvalue weighted by atomic mass is 16.1. The van der Waals surface area contributed by atoms with E-state index in [0.29, 0.717) is 18.0 Å². The summed E-state index contributed by atoms with van der Waals surface area (Å²) in [4.78, 5) is 18.1. The first-order valence-electron chi connectivity index (χ1n) is 9.43. The number of carbonyl (C=O) groups excluding carboxylic acids is 1. The number of aryl methyl sites for hydroxylation is 1. The van der Waals surface area contributed by atoms with Gasteiger partial charge in [-0.3, -0.25) is 4.79 Å². The normalized spacial score (nSPS) is 29.2. The van der Waals surface area contributed by atoms with Crippen LogP contribution in [-0.4, -0.2) is 11.6 Å². The third kappa shape index (κ3) is 2.28. The first-order chi connectivity index (χ1) is 12.3. The fourth-order valence-corrected chi connectivity index (χ4v) is 5.30. The van der Waals surface area contributed by atoms with Crippen molar-refractivity contribution >= 4 is 11.6 Å². The molecule has 2 aliphatic carbocycles. The topological polar surface area (TPSA) is 81.5 Å². The van der Waals surface area contributed by atoms with E-state index >= 15 is 0 Å². The molecule has 0 aromatic heterocycles. The lowest BCUT2D eigenvalue weighted by Gasteiger charge is -2.48. The van der Waals surface area contributed by atoms with E-state index in [9.17, 15) is 4.79 Å². The van der Waals surface area contributed by atoms with Gasteiger partial charge in [-0.2, -0.15) is 0 Å². The zero-order valence-electron chi connectivity index (χ0n) is 15.9. The van der Waals surface area contributed by atoms with Crippen LogP contribution < -0.4 is 11.5 Å². The number of rotatable bonds is 0. The number of Topliss-reactive ketones (excluding diaryl/α,β-unsaturated/α-hetero) is 1. The molecular formula is C22H27N3O. The van der Waals surface area contributed by atoms with E-state index in [1.807, 2.05) is 6.92 Å². The third-order valence-electron chi connectivity index (χ3n) is 6.09. The van der Waals surface area contributed by atoms with Crippen molar-refractivity contribution in [3.8, 4) is 0 Å². The van der Waals surface area contributed by atoms with Crippen molar-refractivity contribution in [2.75, 3.05) is 0 Å². The molecule has 0 fully saturated rings. The van der Waals surface area contributed by atoms with Crippen molar-refractivity contribution in [2.24, 2.45) is 21.9 Å². The van der Waals surface area contributed by atoms with E-state index < -0.39 is 5.41 Å². The number of carbonyl (C=O) groups is 1. The lowest BCUT2D eigenvalue weighted by Crippen LogP contribution is -2.48. The molecule has 3 aliphatic rings. The van der Waals surface area contributed by atoms with E-state index in [1.165, 1.54) is 11.1 Å². The van der Waals surface area contributed by atoms with Gasteiger partial charge < -0.3 is 11.5 Å². The summed E-state index contributed by atoms with van der Waals surface area (Å²) in [6.07, 6.45) is 4.20. The van der Waals surface area contributed by atoms with Gasteiger partial charge in [-0.15, -0.1) is 0 Å². The maximum absolute atomic E-state index is 13.4. The Bertz CT molecular complexity index is 900. The largest absolute Gasteiger partial charge is 0.402 e. The van der Waals surface area contributed by atoms with Crippen LogP contribution in [0.4, 0.5) is 0 Å². The SMILES string of the molecule is C/C(N)=C1/C(N)=NC2=C(C(=O)CC(C)(C)C2)C12CCCc1ccccc12. The molecular weight excluding hydrogens is 322 g/mol. The smallest absolute Gasteiger partial charge is 0.162 e. The van der Waals surface area contributed by atoms with Crippen molar-refractivity contribution in [2.45, 2.75) is 58.3 Å². The Balaban J connectivity index is 2.09. The summed E-state index contributed by atoms with van der Waals surface area (Å²) in [5.74, 6) is 0.675.